The summed E-state index contributed by atoms with van der Waals surface area (Å²) in [4.78, 5) is 32.2. The highest BCUT2D eigenvalue weighted by molar-refractivity contribution is 9.11. The standard InChI is InChI=1S/C30H22Br2Cl2N2O4S/c1-3-39-29(38)25-16(2)35-30-36(26(25)21-9-4-5-10-23(21)34)28(37)24(41-30)13-18-12-19(31)14-22(32)27(18)40-15-17-7-6-8-20(33)11-17/h4-14,26H,3,15H2,1-2H3/b24-13-/t26-/m0/s1. The normalized spacial score (nSPS) is 15.0. The summed E-state index contributed by atoms with van der Waals surface area (Å²) in [5.74, 6) is 0.0191. The van der Waals surface area contributed by atoms with E-state index in [4.69, 9.17) is 32.7 Å². The number of carbonyl (C=O) groups excluding carboxylic acids is 1. The van der Waals surface area contributed by atoms with E-state index in [-0.39, 0.29) is 24.3 Å². The lowest BCUT2D eigenvalue weighted by Crippen LogP contribution is -2.40. The second kappa shape index (κ2) is 12.7. The molecule has 0 spiro atoms. The van der Waals surface area contributed by atoms with Crippen LogP contribution in [0.15, 0.2) is 90.7 Å². The van der Waals surface area contributed by atoms with Gasteiger partial charge in [-0.3, -0.25) is 9.36 Å². The summed E-state index contributed by atoms with van der Waals surface area (Å²) in [5, 5.41) is 1.05. The molecule has 2 heterocycles. The fourth-order valence-electron chi connectivity index (χ4n) is 4.55. The molecule has 4 aromatic rings. The third kappa shape index (κ3) is 6.24. The highest BCUT2D eigenvalue weighted by Gasteiger charge is 2.34. The number of halogens is 4. The number of hydrogen-bond donors (Lipinski definition) is 0. The molecule has 0 fully saturated rings. The van der Waals surface area contributed by atoms with Crippen molar-refractivity contribution in [2.75, 3.05) is 6.61 Å². The van der Waals surface area contributed by atoms with E-state index in [0.29, 0.717) is 46.4 Å². The van der Waals surface area contributed by atoms with E-state index in [9.17, 15) is 9.59 Å². The molecule has 1 atom stereocenters. The second-order valence-corrected chi connectivity index (χ2v) is 12.7. The van der Waals surface area contributed by atoms with Crippen LogP contribution in [-0.4, -0.2) is 17.1 Å². The molecule has 0 N–H and O–H groups in total. The molecule has 0 saturated carbocycles. The lowest BCUT2D eigenvalue weighted by molar-refractivity contribution is -0.139. The van der Waals surface area contributed by atoms with Crippen LogP contribution in [0, 0.1) is 0 Å². The smallest absolute Gasteiger partial charge is 0.338 e. The van der Waals surface area contributed by atoms with Crippen molar-refractivity contribution < 1.29 is 14.3 Å². The van der Waals surface area contributed by atoms with Gasteiger partial charge in [0.2, 0.25) is 0 Å². The van der Waals surface area contributed by atoms with Crippen molar-refractivity contribution in [2.45, 2.75) is 26.5 Å². The Kier molecular flexibility index (Phi) is 9.21. The number of benzene rings is 3. The largest absolute Gasteiger partial charge is 0.487 e. The molecule has 1 aliphatic heterocycles. The molecule has 1 aliphatic rings. The van der Waals surface area contributed by atoms with Crippen LogP contribution in [0.3, 0.4) is 0 Å². The van der Waals surface area contributed by atoms with Gasteiger partial charge in [-0.15, -0.1) is 0 Å². The van der Waals surface area contributed by atoms with Crippen molar-refractivity contribution in [3.05, 3.63) is 127 Å². The molecule has 41 heavy (non-hydrogen) atoms. The molecule has 0 radical (unpaired) electrons. The summed E-state index contributed by atoms with van der Waals surface area (Å²) >= 11 is 21.1. The van der Waals surface area contributed by atoms with E-state index in [2.05, 4.69) is 36.9 Å². The molecule has 0 aliphatic carbocycles. The summed E-state index contributed by atoms with van der Waals surface area (Å²) in [6, 6.07) is 17.5. The third-order valence-corrected chi connectivity index (χ3v) is 8.92. The fraction of sp³-hybridized carbons (Fsp3) is 0.167. The summed E-state index contributed by atoms with van der Waals surface area (Å²) in [6.45, 7) is 3.93. The van der Waals surface area contributed by atoms with Crippen molar-refractivity contribution in [2.24, 2.45) is 4.99 Å². The van der Waals surface area contributed by atoms with Gasteiger partial charge in [0.15, 0.2) is 4.80 Å². The van der Waals surface area contributed by atoms with Gasteiger partial charge < -0.3 is 9.47 Å². The van der Waals surface area contributed by atoms with Crippen LogP contribution >= 0.6 is 66.4 Å². The van der Waals surface area contributed by atoms with E-state index in [1.54, 1.807) is 44.2 Å². The zero-order chi connectivity index (χ0) is 29.3. The van der Waals surface area contributed by atoms with Gasteiger partial charge in [-0.1, -0.05) is 80.8 Å². The Morgan fingerprint density at radius 1 is 1.12 bits per heavy atom. The molecule has 6 nitrogen and oxygen atoms in total. The number of carbonyl (C=O) groups is 1. The van der Waals surface area contributed by atoms with Crippen LogP contribution in [0.25, 0.3) is 6.08 Å². The fourth-order valence-corrected chi connectivity index (χ4v) is 7.41. The van der Waals surface area contributed by atoms with Crippen LogP contribution in [0.4, 0.5) is 0 Å². The van der Waals surface area contributed by atoms with Gasteiger partial charge in [0.1, 0.15) is 18.4 Å². The Balaban J connectivity index is 1.66. The Hall–Kier alpha value is -2.69. The van der Waals surface area contributed by atoms with Crippen molar-refractivity contribution in [3.63, 3.8) is 0 Å². The van der Waals surface area contributed by atoms with Gasteiger partial charge in [-0.25, -0.2) is 9.79 Å². The van der Waals surface area contributed by atoms with Gasteiger partial charge in [-0.2, -0.15) is 0 Å². The lowest BCUT2D eigenvalue weighted by Gasteiger charge is -2.25. The monoisotopic (exact) mass is 734 g/mol. The molecule has 0 unspecified atom stereocenters. The van der Waals surface area contributed by atoms with Crippen molar-refractivity contribution in [3.8, 4) is 5.75 Å². The van der Waals surface area contributed by atoms with E-state index >= 15 is 0 Å². The molecule has 210 valence electrons. The predicted molar refractivity (Wildman–Crippen MR) is 169 cm³/mol. The van der Waals surface area contributed by atoms with Crippen LogP contribution in [0.1, 0.15) is 36.6 Å². The van der Waals surface area contributed by atoms with Crippen LogP contribution in [0.5, 0.6) is 5.75 Å². The number of aromatic nitrogens is 1. The number of fused-ring (bicyclic) bond motifs is 1. The molecule has 5 rings (SSSR count). The molecule has 1 aromatic heterocycles. The SMILES string of the molecule is CCOC(=O)C1=C(C)N=c2s/c(=C\c3cc(Br)cc(Br)c3OCc3cccc(Cl)c3)c(=O)n2[C@H]1c1ccccc1Cl. The molecule has 0 bridgehead atoms. The first-order chi connectivity index (χ1) is 19.7. The summed E-state index contributed by atoms with van der Waals surface area (Å²) in [6.07, 6.45) is 1.76. The van der Waals surface area contributed by atoms with Gasteiger partial charge >= 0.3 is 5.97 Å². The van der Waals surface area contributed by atoms with Crippen molar-refractivity contribution >= 4 is 78.4 Å². The second-order valence-electron chi connectivity index (χ2n) is 9.05. The molecule has 0 amide bonds. The maximum absolute atomic E-state index is 14.0. The topological polar surface area (TPSA) is 69.9 Å². The van der Waals surface area contributed by atoms with Crippen LogP contribution in [-0.2, 0) is 16.1 Å². The van der Waals surface area contributed by atoms with Gasteiger partial charge in [0.05, 0.1) is 26.9 Å². The zero-order valence-corrected chi connectivity index (χ0v) is 27.3. The highest BCUT2D eigenvalue weighted by atomic mass is 79.9. The van der Waals surface area contributed by atoms with Gasteiger partial charge in [-0.05, 0) is 77.3 Å². The maximum Gasteiger partial charge on any atom is 0.338 e. The number of nitrogens with zero attached hydrogens (tertiary/aromatic N) is 2. The molecular weight excluding hydrogens is 715 g/mol. The number of allylic oxidation sites excluding steroid dienone is 1. The van der Waals surface area contributed by atoms with Crippen molar-refractivity contribution in [1.29, 1.82) is 0 Å². The Morgan fingerprint density at radius 2 is 1.90 bits per heavy atom. The van der Waals surface area contributed by atoms with Crippen molar-refractivity contribution in [1.82, 2.24) is 4.57 Å². The summed E-state index contributed by atoms with van der Waals surface area (Å²) in [7, 11) is 0. The Bertz CT molecular complexity index is 1880. The zero-order valence-electron chi connectivity index (χ0n) is 21.8. The Labute approximate surface area is 266 Å². The number of hydrogen-bond acceptors (Lipinski definition) is 6. The minimum absolute atomic E-state index is 0.186. The molecule has 0 saturated heterocycles. The minimum atomic E-state index is -0.797. The molecule has 11 heteroatoms. The average Bonchev–Trinajstić information content (AvgIpc) is 3.22. The van der Waals surface area contributed by atoms with E-state index in [0.717, 1.165) is 10.0 Å². The first-order valence-electron chi connectivity index (χ1n) is 12.5. The number of esters is 1. The first kappa shape index (κ1) is 29.8. The van der Waals surface area contributed by atoms with Gasteiger partial charge in [0.25, 0.3) is 5.56 Å². The van der Waals surface area contributed by atoms with Crippen LogP contribution in [0.2, 0.25) is 10.0 Å². The third-order valence-electron chi connectivity index (χ3n) is 6.31. The molecular formula is C30H22Br2Cl2N2O4S. The Morgan fingerprint density at radius 3 is 2.63 bits per heavy atom. The number of rotatable bonds is 7. The lowest BCUT2D eigenvalue weighted by atomic mass is 9.96. The minimum Gasteiger partial charge on any atom is -0.487 e. The van der Waals surface area contributed by atoms with E-state index < -0.39 is 12.0 Å². The maximum atomic E-state index is 14.0. The number of ether oxygens (including phenoxy) is 2. The first-order valence-corrected chi connectivity index (χ1v) is 15.6. The van der Waals surface area contributed by atoms with E-state index in [1.807, 2.05) is 36.4 Å². The average molecular weight is 737 g/mol. The quantitative estimate of drug-likeness (QED) is 0.188. The molecule has 3 aromatic carbocycles. The van der Waals surface area contributed by atoms with Crippen LogP contribution < -0.4 is 19.6 Å². The van der Waals surface area contributed by atoms with Gasteiger partial charge in [0, 0.05) is 20.1 Å². The van der Waals surface area contributed by atoms with E-state index in [1.165, 1.54) is 15.9 Å². The number of thiazole rings is 1. The highest BCUT2D eigenvalue weighted by Crippen LogP contribution is 2.36. The summed E-state index contributed by atoms with van der Waals surface area (Å²) in [5.41, 5.74) is 2.61. The predicted octanol–water partition coefficient (Wildman–Crippen LogP) is 7.21. The summed E-state index contributed by atoms with van der Waals surface area (Å²) < 4.78 is 15.0.